The highest BCUT2D eigenvalue weighted by molar-refractivity contribution is 5.91. The number of nitrogens with one attached hydrogen (secondary N) is 1. The topological polar surface area (TPSA) is 139 Å². The highest BCUT2D eigenvalue weighted by atomic mass is 16.5. The number of aromatic nitrogens is 6. The van der Waals surface area contributed by atoms with Crippen LogP contribution in [-0.2, 0) is 25.2 Å². The summed E-state index contributed by atoms with van der Waals surface area (Å²) >= 11 is 0. The Labute approximate surface area is 237 Å². The first-order valence-electron chi connectivity index (χ1n) is 13.4. The molecule has 0 unspecified atom stereocenters. The van der Waals surface area contributed by atoms with Gasteiger partial charge in [-0.2, -0.15) is 5.21 Å². The number of imidazole rings is 1. The molecule has 10 heteroatoms. The second kappa shape index (κ2) is 11.8. The van der Waals surface area contributed by atoms with Gasteiger partial charge in [0, 0.05) is 18.5 Å². The van der Waals surface area contributed by atoms with Crippen LogP contribution in [0.3, 0.4) is 0 Å². The molecule has 0 spiro atoms. The second-order valence-corrected chi connectivity index (χ2v) is 10.3. The molecule has 0 aliphatic carbocycles. The Morgan fingerprint density at radius 1 is 0.976 bits per heavy atom. The van der Waals surface area contributed by atoms with Crippen LogP contribution in [0.25, 0.3) is 22.5 Å². The lowest BCUT2D eigenvalue weighted by Crippen LogP contribution is -2.24. The van der Waals surface area contributed by atoms with Crippen LogP contribution in [0.15, 0.2) is 72.8 Å². The molecule has 0 fully saturated rings. The number of hydrogen-bond acceptors (Lipinski definition) is 8. The van der Waals surface area contributed by atoms with Crippen molar-refractivity contribution in [1.29, 1.82) is 0 Å². The Morgan fingerprint density at radius 2 is 1.66 bits per heavy atom. The lowest BCUT2D eigenvalue weighted by atomic mass is 9.98. The minimum Gasteiger partial charge on any atom is -0.422 e. The number of carbonyl (C=O) groups is 1. The Hall–Kier alpha value is -4.67. The van der Waals surface area contributed by atoms with Crippen molar-refractivity contribution in [2.75, 3.05) is 0 Å². The number of aryl methyl sites for hydroxylation is 1. The molecule has 5 aromatic rings. The van der Waals surface area contributed by atoms with Gasteiger partial charge in [-0.1, -0.05) is 67.6 Å². The van der Waals surface area contributed by atoms with Gasteiger partial charge in [0.15, 0.2) is 5.69 Å². The number of tetrazole rings is 1. The molecule has 3 aromatic carbocycles. The lowest BCUT2D eigenvalue weighted by Gasteiger charge is -2.18. The van der Waals surface area contributed by atoms with E-state index >= 15 is 0 Å². The lowest BCUT2D eigenvalue weighted by molar-refractivity contribution is 0.0627. The smallest absolute Gasteiger partial charge is 0.362 e. The molecular formula is C31H32N6O4. The second-order valence-electron chi connectivity index (χ2n) is 10.3. The minimum atomic E-state index is -1.37. The van der Waals surface area contributed by atoms with Crippen molar-refractivity contribution in [2.45, 2.75) is 52.4 Å². The van der Waals surface area contributed by atoms with Crippen molar-refractivity contribution in [1.82, 2.24) is 30.2 Å². The number of benzene rings is 3. The summed E-state index contributed by atoms with van der Waals surface area (Å²) in [5.41, 5.74) is 3.58. The Bertz CT molecular complexity index is 1620. The molecule has 0 saturated heterocycles. The number of hydrogen-bond donors (Lipinski definition) is 3. The van der Waals surface area contributed by atoms with E-state index < -0.39 is 11.6 Å². The van der Waals surface area contributed by atoms with Crippen molar-refractivity contribution in [3.05, 3.63) is 101 Å². The number of aromatic amines is 1. The van der Waals surface area contributed by atoms with Crippen molar-refractivity contribution >= 4 is 5.97 Å². The van der Waals surface area contributed by atoms with E-state index in [9.17, 15) is 15.0 Å². The van der Waals surface area contributed by atoms with E-state index in [2.05, 4.69) is 20.6 Å². The van der Waals surface area contributed by atoms with Gasteiger partial charge in [0.05, 0.1) is 6.61 Å². The van der Waals surface area contributed by atoms with Crippen molar-refractivity contribution < 1.29 is 19.7 Å². The molecule has 0 saturated carbocycles. The molecule has 3 N–H and O–H groups in total. The van der Waals surface area contributed by atoms with E-state index in [1.54, 1.807) is 38.1 Å². The van der Waals surface area contributed by atoms with E-state index in [0.717, 1.165) is 28.7 Å². The third-order valence-electron chi connectivity index (χ3n) is 6.73. The average Bonchev–Trinajstić information content (AvgIpc) is 3.63. The fourth-order valence-corrected chi connectivity index (χ4v) is 4.71. The summed E-state index contributed by atoms with van der Waals surface area (Å²) in [5, 5.41) is 34.7. The van der Waals surface area contributed by atoms with Crippen LogP contribution >= 0.6 is 0 Å². The van der Waals surface area contributed by atoms with Crippen LogP contribution in [0.2, 0.25) is 0 Å². The van der Waals surface area contributed by atoms with Gasteiger partial charge in [-0.15, -0.1) is 10.2 Å². The van der Waals surface area contributed by atoms with Gasteiger partial charge in [-0.05, 0) is 59.9 Å². The highest BCUT2D eigenvalue weighted by Crippen LogP contribution is 2.31. The highest BCUT2D eigenvalue weighted by Gasteiger charge is 2.32. The largest absolute Gasteiger partial charge is 0.422 e. The molecule has 0 aliphatic heterocycles. The number of aliphatic hydroxyl groups excluding tert-OH is 1. The van der Waals surface area contributed by atoms with Gasteiger partial charge in [0.25, 0.3) is 0 Å². The van der Waals surface area contributed by atoms with Gasteiger partial charge >= 0.3 is 5.97 Å². The normalized spacial score (nSPS) is 11.5. The molecule has 0 amide bonds. The summed E-state index contributed by atoms with van der Waals surface area (Å²) in [6, 6.07) is 22.5. The SMILES string of the molecule is CCCc1nc(C(C)(C)O)c(C(=O)Oc2ccc(CO)cc2)n1Cc1ccc(-c2ccccc2-c2nn[nH]n2)cc1. The summed E-state index contributed by atoms with van der Waals surface area (Å²) in [7, 11) is 0. The first-order chi connectivity index (χ1) is 19.8. The quantitative estimate of drug-likeness (QED) is 0.168. The predicted octanol–water partition coefficient (Wildman–Crippen LogP) is 4.67. The van der Waals surface area contributed by atoms with E-state index in [0.29, 0.717) is 35.9 Å². The fourth-order valence-electron chi connectivity index (χ4n) is 4.71. The van der Waals surface area contributed by atoms with Gasteiger partial charge in [-0.25, -0.2) is 9.78 Å². The zero-order valence-corrected chi connectivity index (χ0v) is 23.2. The van der Waals surface area contributed by atoms with Gasteiger partial charge < -0.3 is 19.5 Å². The molecule has 0 bridgehead atoms. The number of rotatable bonds is 10. The molecule has 2 aromatic heterocycles. The molecular weight excluding hydrogens is 520 g/mol. The fraction of sp³-hybridized carbons (Fsp3) is 0.258. The van der Waals surface area contributed by atoms with Gasteiger partial charge in [0.1, 0.15) is 22.9 Å². The Morgan fingerprint density at radius 3 is 2.27 bits per heavy atom. The van der Waals surface area contributed by atoms with E-state index in [4.69, 9.17) is 9.72 Å². The molecule has 0 atom stereocenters. The monoisotopic (exact) mass is 552 g/mol. The van der Waals surface area contributed by atoms with E-state index in [-0.39, 0.29) is 18.0 Å². The number of carbonyl (C=O) groups excluding carboxylic acids is 1. The van der Waals surface area contributed by atoms with Crippen LogP contribution in [0.4, 0.5) is 0 Å². The average molecular weight is 553 g/mol. The maximum absolute atomic E-state index is 13.6. The summed E-state index contributed by atoms with van der Waals surface area (Å²) in [5.74, 6) is 0.932. The third-order valence-corrected chi connectivity index (χ3v) is 6.73. The summed E-state index contributed by atoms with van der Waals surface area (Å²) in [4.78, 5) is 18.3. The number of esters is 1. The molecule has 0 radical (unpaired) electrons. The maximum Gasteiger partial charge on any atom is 0.362 e. The first kappa shape index (κ1) is 27.9. The Kier molecular flexibility index (Phi) is 8.04. The van der Waals surface area contributed by atoms with Gasteiger partial charge in [0.2, 0.25) is 5.82 Å². The van der Waals surface area contributed by atoms with Crippen molar-refractivity contribution in [2.24, 2.45) is 0 Å². The molecule has 5 rings (SSSR count). The van der Waals surface area contributed by atoms with Crippen molar-refractivity contribution in [3.8, 4) is 28.3 Å². The zero-order valence-electron chi connectivity index (χ0n) is 23.2. The van der Waals surface area contributed by atoms with Crippen LogP contribution in [0.1, 0.15) is 60.3 Å². The van der Waals surface area contributed by atoms with Crippen LogP contribution in [0, 0.1) is 0 Å². The third kappa shape index (κ3) is 6.08. The molecule has 0 aliphatic rings. The maximum atomic E-state index is 13.6. The summed E-state index contributed by atoms with van der Waals surface area (Å²) < 4.78 is 7.56. The molecule has 2 heterocycles. The minimum absolute atomic E-state index is 0.105. The number of ether oxygens (including phenoxy) is 1. The number of H-pyrrole nitrogens is 1. The Balaban J connectivity index is 1.50. The van der Waals surface area contributed by atoms with Crippen LogP contribution in [0.5, 0.6) is 5.75 Å². The summed E-state index contributed by atoms with van der Waals surface area (Å²) in [6.07, 6.45) is 1.43. The molecule has 41 heavy (non-hydrogen) atoms. The molecule has 210 valence electrons. The molecule has 10 nitrogen and oxygen atoms in total. The van der Waals surface area contributed by atoms with Crippen molar-refractivity contribution in [3.63, 3.8) is 0 Å². The van der Waals surface area contributed by atoms with E-state index in [1.807, 2.05) is 60.0 Å². The number of aliphatic hydroxyl groups is 2. The van der Waals surface area contributed by atoms with Crippen LogP contribution in [-0.4, -0.2) is 46.4 Å². The number of nitrogens with zero attached hydrogens (tertiary/aromatic N) is 5. The standard InChI is InChI=1S/C31H32N6O4/c1-4-7-26-32-28(31(2,3)40)27(30(39)41-23-16-12-21(19-38)13-17-23)37(26)18-20-10-14-22(15-11-20)24-8-5-6-9-25(24)29-33-35-36-34-29/h5-6,8-17,38,40H,4,7,18-19H2,1-3H3,(H,33,34,35,36). The first-order valence-corrected chi connectivity index (χ1v) is 13.4. The van der Waals surface area contributed by atoms with E-state index in [1.165, 1.54) is 0 Å². The summed E-state index contributed by atoms with van der Waals surface area (Å²) in [6.45, 7) is 5.51. The van der Waals surface area contributed by atoms with Crippen LogP contribution < -0.4 is 4.74 Å². The van der Waals surface area contributed by atoms with Gasteiger partial charge in [-0.3, -0.25) is 0 Å². The zero-order chi connectivity index (χ0) is 29.0. The predicted molar refractivity (Wildman–Crippen MR) is 153 cm³/mol.